The Morgan fingerprint density at radius 2 is 1.62 bits per heavy atom. The van der Waals surface area contributed by atoms with Gasteiger partial charge in [0.05, 0.1) is 0 Å². The number of carbonyl (C=O) groups is 2. The van der Waals surface area contributed by atoms with Gasteiger partial charge in [0, 0.05) is 33.2 Å². The van der Waals surface area contributed by atoms with Gasteiger partial charge in [0.2, 0.25) is 5.91 Å². The molecule has 1 N–H and O–H groups in total. The smallest absolute Gasteiger partial charge is 0.261 e. The fourth-order valence-corrected chi connectivity index (χ4v) is 4.00. The highest BCUT2D eigenvalue weighted by molar-refractivity contribution is 6.36. The Hall–Kier alpha value is -1.95. The molecule has 0 aliphatic heterocycles. The molecule has 2 aromatic carbocycles. The number of aryl methyl sites for hydroxylation is 2. The quantitative estimate of drug-likeness (QED) is 0.462. The van der Waals surface area contributed by atoms with E-state index < -0.39 is 6.04 Å². The van der Waals surface area contributed by atoms with Crippen molar-refractivity contribution in [2.75, 3.05) is 6.61 Å². The first-order chi connectivity index (χ1) is 15.0. The van der Waals surface area contributed by atoms with Crippen molar-refractivity contribution in [2.45, 2.75) is 59.7 Å². The molecule has 0 radical (unpaired) electrons. The van der Waals surface area contributed by atoms with Crippen molar-refractivity contribution in [1.29, 1.82) is 0 Å². The third-order valence-electron chi connectivity index (χ3n) is 4.98. The number of hydrogen-bond donors (Lipinski definition) is 1. The van der Waals surface area contributed by atoms with Crippen LogP contribution >= 0.6 is 34.8 Å². The number of hydrogen-bond acceptors (Lipinski definition) is 3. The zero-order chi connectivity index (χ0) is 24.0. The van der Waals surface area contributed by atoms with Gasteiger partial charge in [0.15, 0.2) is 6.61 Å². The number of rotatable bonds is 9. The average molecular weight is 500 g/mol. The Morgan fingerprint density at radius 3 is 2.12 bits per heavy atom. The molecule has 0 bridgehead atoms. The summed E-state index contributed by atoms with van der Waals surface area (Å²) in [5, 5.41) is 4.41. The molecule has 2 amide bonds. The maximum absolute atomic E-state index is 13.3. The van der Waals surface area contributed by atoms with E-state index in [1.165, 1.54) is 4.90 Å². The van der Waals surface area contributed by atoms with E-state index in [9.17, 15) is 9.59 Å². The van der Waals surface area contributed by atoms with Gasteiger partial charge in [0.25, 0.3) is 5.91 Å². The van der Waals surface area contributed by atoms with E-state index in [0.29, 0.717) is 32.8 Å². The molecule has 0 aromatic heterocycles. The number of nitrogens with zero attached hydrogens (tertiary/aromatic N) is 1. The SMILES string of the molecule is CCC(C(=O)NC(C)C)N(Cc1c(Cl)cccc1Cl)C(=O)COc1cc(C)c(Cl)c(C)c1. The molecule has 0 aliphatic carbocycles. The molecule has 2 rings (SSSR count). The first-order valence-electron chi connectivity index (χ1n) is 10.5. The van der Waals surface area contributed by atoms with E-state index in [1.54, 1.807) is 30.3 Å². The normalized spacial score (nSPS) is 11.9. The van der Waals surface area contributed by atoms with Gasteiger partial charge < -0.3 is 15.0 Å². The fraction of sp³-hybridized carbons (Fsp3) is 0.417. The van der Waals surface area contributed by atoms with Crippen LogP contribution in [0.5, 0.6) is 5.75 Å². The summed E-state index contributed by atoms with van der Waals surface area (Å²) in [6.45, 7) is 9.19. The van der Waals surface area contributed by atoms with Gasteiger partial charge >= 0.3 is 0 Å². The van der Waals surface area contributed by atoms with E-state index in [-0.39, 0.29) is 31.0 Å². The molecule has 2 aromatic rings. The summed E-state index contributed by atoms with van der Waals surface area (Å²) >= 11 is 18.9. The molecule has 174 valence electrons. The van der Waals surface area contributed by atoms with Gasteiger partial charge in [0.1, 0.15) is 11.8 Å². The molecule has 5 nitrogen and oxygen atoms in total. The maximum Gasteiger partial charge on any atom is 0.261 e. The fourth-order valence-electron chi connectivity index (χ4n) is 3.37. The van der Waals surface area contributed by atoms with Gasteiger partial charge in [-0.3, -0.25) is 9.59 Å². The van der Waals surface area contributed by atoms with E-state index in [2.05, 4.69) is 5.32 Å². The monoisotopic (exact) mass is 498 g/mol. The molecule has 8 heteroatoms. The highest BCUT2D eigenvalue weighted by Gasteiger charge is 2.30. The molecule has 0 saturated heterocycles. The van der Waals surface area contributed by atoms with Gasteiger partial charge in [-0.2, -0.15) is 0 Å². The Bertz CT molecular complexity index is 936. The second-order valence-electron chi connectivity index (χ2n) is 7.97. The van der Waals surface area contributed by atoms with Gasteiger partial charge in [-0.25, -0.2) is 0 Å². The van der Waals surface area contributed by atoms with Crippen LogP contribution < -0.4 is 10.1 Å². The summed E-state index contributed by atoms with van der Waals surface area (Å²) in [6, 6.07) is 7.94. The molecule has 1 atom stereocenters. The minimum absolute atomic E-state index is 0.0614. The average Bonchev–Trinajstić information content (AvgIpc) is 2.71. The van der Waals surface area contributed by atoms with Crippen molar-refractivity contribution in [1.82, 2.24) is 10.2 Å². The highest BCUT2D eigenvalue weighted by Crippen LogP contribution is 2.28. The topological polar surface area (TPSA) is 58.6 Å². The van der Waals surface area contributed by atoms with Crippen LogP contribution in [0.2, 0.25) is 15.1 Å². The second-order valence-corrected chi connectivity index (χ2v) is 9.16. The molecule has 1 unspecified atom stereocenters. The number of amides is 2. The van der Waals surface area contributed by atoms with Crippen LogP contribution in [-0.2, 0) is 16.1 Å². The van der Waals surface area contributed by atoms with Crippen molar-refractivity contribution >= 4 is 46.6 Å². The van der Waals surface area contributed by atoms with Gasteiger partial charge in [-0.15, -0.1) is 0 Å². The molecule has 0 aliphatic rings. The van der Waals surface area contributed by atoms with Gasteiger partial charge in [-0.1, -0.05) is 47.8 Å². The third kappa shape index (κ3) is 6.77. The van der Waals surface area contributed by atoms with Crippen LogP contribution in [0.25, 0.3) is 0 Å². The minimum atomic E-state index is -0.700. The zero-order valence-corrected chi connectivity index (χ0v) is 21.2. The largest absolute Gasteiger partial charge is 0.484 e. The zero-order valence-electron chi connectivity index (χ0n) is 19.0. The van der Waals surface area contributed by atoms with Crippen LogP contribution in [-0.4, -0.2) is 35.4 Å². The lowest BCUT2D eigenvalue weighted by atomic mass is 10.1. The predicted molar refractivity (Wildman–Crippen MR) is 131 cm³/mol. The van der Waals surface area contributed by atoms with Crippen molar-refractivity contribution in [3.05, 3.63) is 62.1 Å². The van der Waals surface area contributed by atoms with E-state index in [0.717, 1.165) is 11.1 Å². The Balaban J connectivity index is 2.31. The summed E-state index contributed by atoms with van der Waals surface area (Å²) in [4.78, 5) is 27.6. The second kappa shape index (κ2) is 11.8. The van der Waals surface area contributed by atoms with Crippen LogP contribution in [0.3, 0.4) is 0 Å². The Labute approximate surface area is 205 Å². The number of benzene rings is 2. The third-order valence-corrected chi connectivity index (χ3v) is 6.28. The molecule has 0 fully saturated rings. The highest BCUT2D eigenvalue weighted by atomic mass is 35.5. The molecular weight excluding hydrogens is 471 g/mol. The summed E-state index contributed by atoms with van der Waals surface area (Å²) in [5.74, 6) is -0.0534. The maximum atomic E-state index is 13.3. The number of halogens is 3. The molecule has 0 saturated carbocycles. The number of ether oxygens (including phenoxy) is 1. The predicted octanol–water partition coefficient (Wildman–Crippen LogP) is 5.97. The molecule has 0 spiro atoms. The minimum Gasteiger partial charge on any atom is -0.484 e. The van der Waals surface area contributed by atoms with Crippen molar-refractivity contribution in [3.8, 4) is 5.75 Å². The van der Waals surface area contributed by atoms with Crippen LogP contribution in [0.4, 0.5) is 0 Å². The summed E-state index contributed by atoms with van der Waals surface area (Å²) in [5.41, 5.74) is 2.30. The first kappa shape index (κ1) is 26.3. The summed E-state index contributed by atoms with van der Waals surface area (Å²) < 4.78 is 5.77. The number of nitrogens with one attached hydrogen (secondary N) is 1. The van der Waals surface area contributed by atoms with E-state index in [1.807, 2.05) is 34.6 Å². The molecular formula is C24H29Cl3N2O3. The lowest BCUT2D eigenvalue weighted by molar-refractivity contribution is -0.143. The Kier molecular flexibility index (Phi) is 9.68. The standard InChI is InChI=1S/C24H29Cl3N2O3/c1-6-21(24(31)28-14(2)3)29(12-18-19(25)8-7-9-20(18)26)22(30)13-32-17-10-15(4)23(27)16(5)11-17/h7-11,14,21H,6,12-13H2,1-5H3,(H,28,31). The summed E-state index contributed by atoms with van der Waals surface area (Å²) in [7, 11) is 0. The van der Waals surface area contributed by atoms with Crippen LogP contribution in [0.15, 0.2) is 30.3 Å². The molecule has 32 heavy (non-hydrogen) atoms. The van der Waals surface area contributed by atoms with Crippen molar-refractivity contribution < 1.29 is 14.3 Å². The van der Waals surface area contributed by atoms with E-state index in [4.69, 9.17) is 39.5 Å². The van der Waals surface area contributed by atoms with Crippen molar-refractivity contribution in [3.63, 3.8) is 0 Å². The lowest BCUT2D eigenvalue weighted by Gasteiger charge is -2.31. The van der Waals surface area contributed by atoms with Crippen molar-refractivity contribution in [2.24, 2.45) is 0 Å². The van der Waals surface area contributed by atoms with E-state index >= 15 is 0 Å². The van der Waals surface area contributed by atoms with Crippen LogP contribution in [0, 0.1) is 13.8 Å². The lowest BCUT2D eigenvalue weighted by Crippen LogP contribution is -2.51. The number of carbonyl (C=O) groups excluding carboxylic acids is 2. The Morgan fingerprint density at radius 1 is 1.06 bits per heavy atom. The molecule has 0 heterocycles. The first-order valence-corrected chi connectivity index (χ1v) is 11.6. The van der Waals surface area contributed by atoms with Gasteiger partial charge in [-0.05, 0) is 69.5 Å². The van der Waals surface area contributed by atoms with Crippen LogP contribution in [0.1, 0.15) is 43.9 Å². The summed E-state index contributed by atoms with van der Waals surface area (Å²) in [6.07, 6.45) is 0.422.